The molecule has 1 atom stereocenters. The van der Waals surface area contributed by atoms with Crippen molar-refractivity contribution in [2.45, 2.75) is 52.6 Å². The van der Waals surface area contributed by atoms with E-state index in [9.17, 15) is 4.79 Å². The van der Waals surface area contributed by atoms with Crippen molar-refractivity contribution in [3.63, 3.8) is 0 Å². The fraction of sp³-hybridized carbons (Fsp3) is 0.579. The van der Waals surface area contributed by atoms with E-state index in [0.717, 1.165) is 30.7 Å². The minimum Gasteiger partial charge on any atom is -0.493 e. The Labute approximate surface area is 154 Å². The molecule has 1 fully saturated rings. The molecule has 1 unspecified atom stereocenters. The van der Waals surface area contributed by atoms with Crippen LogP contribution in [0.5, 0.6) is 5.75 Å². The van der Waals surface area contributed by atoms with Crippen molar-refractivity contribution in [2.24, 2.45) is 5.92 Å². The van der Waals surface area contributed by atoms with Crippen LogP contribution < -0.4 is 4.74 Å². The molecule has 0 saturated carbocycles. The average Bonchev–Trinajstić information content (AvgIpc) is 3.09. The monoisotopic (exact) mass is 357 g/mol. The van der Waals surface area contributed by atoms with Gasteiger partial charge in [0.05, 0.1) is 6.61 Å². The van der Waals surface area contributed by atoms with E-state index in [4.69, 9.17) is 4.74 Å². The zero-order chi connectivity index (χ0) is 18.5. The predicted molar refractivity (Wildman–Crippen MR) is 98.6 cm³/mol. The van der Waals surface area contributed by atoms with Gasteiger partial charge in [0.15, 0.2) is 0 Å². The minimum atomic E-state index is 0.0542. The third-order valence-electron chi connectivity index (χ3n) is 4.55. The third-order valence-corrected chi connectivity index (χ3v) is 4.55. The Bertz CT molecular complexity index is 726. The second-order valence-corrected chi connectivity index (χ2v) is 7.30. The minimum absolute atomic E-state index is 0.0542. The highest BCUT2D eigenvalue weighted by molar-refractivity contribution is 5.76. The number of likely N-dealkylation sites (tertiary alicyclic amines) is 1. The molecule has 26 heavy (non-hydrogen) atoms. The maximum atomic E-state index is 12.5. The number of ether oxygens (including phenoxy) is 1. The van der Waals surface area contributed by atoms with Crippen LogP contribution in [0.4, 0.5) is 0 Å². The van der Waals surface area contributed by atoms with Crippen LogP contribution in [0.25, 0.3) is 11.4 Å². The Morgan fingerprint density at radius 1 is 1.27 bits per heavy atom. The summed E-state index contributed by atoms with van der Waals surface area (Å²) in [4.78, 5) is 15.8. The van der Waals surface area contributed by atoms with Crippen LogP contribution in [-0.2, 0) is 11.3 Å². The van der Waals surface area contributed by atoms with Crippen LogP contribution in [0.15, 0.2) is 24.3 Å². The van der Waals surface area contributed by atoms with Crippen molar-refractivity contribution in [1.82, 2.24) is 25.1 Å². The quantitative estimate of drug-likeness (QED) is 0.795. The van der Waals surface area contributed by atoms with Crippen LogP contribution >= 0.6 is 0 Å². The normalized spacial score (nSPS) is 17.5. The van der Waals surface area contributed by atoms with Crippen molar-refractivity contribution >= 4 is 5.91 Å². The van der Waals surface area contributed by atoms with E-state index in [1.54, 1.807) is 0 Å². The summed E-state index contributed by atoms with van der Waals surface area (Å²) in [6.07, 6.45) is 3.32. The van der Waals surface area contributed by atoms with Gasteiger partial charge in [-0.15, -0.1) is 10.2 Å². The molecule has 7 heteroatoms. The van der Waals surface area contributed by atoms with Crippen molar-refractivity contribution < 1.29 is 9.53 Å². The lowest BCUT2D eigenvalue weighted by molar-refractivity contribution is -0.135. The zero-order valence-electron chi connectivity index (χ0n) is 15.8. The molecular formula is C19H27N5O2. The first-order chi connectivity index (χ1) is 12.5. The molecule has 2 heterocycles. The molecule has 1 aliphatic heterocycles. The smallest absolute Gasteiger partial charge is 0.246 e. The summed E-state index contributed by atoms with van der Waals surface area (Å²) in [5, 5.41) is 12.5. The summed E-state index contributed by atoms with van der Waals surface area (Å²) >= 11 is 0. The second kappa shape index (κ2) is 8.29. The fourth-order valence-corrected chi connectivity index (χ4v) is 3.07. The number of tetrazole rings is 1. The number of hydrogen-bond acceptors (Lipinski definition) is 5. The van der Waals surface area contributed by atoms with Crippen molar-refractivity contribution in [1.29, 1.82) is 0 Å². The number of benzene rings is 1. The molecule has 1 amide bonds. The molecule has 140 valence electrons. The molecule has 1 saturated heterocycles. The zero-order valence-corrected chi connectivity index (χ0v) is 15.8. The van der Waals surface area contributed by atoms with Gasteiger partial charge in [-0.2, -0.15) is 4.80 Å². The average molecular weight is 357 g/mol. The lowest BCUT2D eigenvalue weighted by Gasteiger charge is -2.33. The van der Waals surface area contributed by atoms with E-state index in [0.29, 0.717) is 18.3 Å². The van der Waals surface area contributed by atoms with Crippen molar-refractivity contribution in [3.8, 4) is 17.1 Å². The number of amides is 1. The lowest BCUT2D eigenvalue weighted by Crippen LogP contribution is -2.43. The molecule has 1 aromatic heterocycles. The maximum absolute atomic E-state index is 12.5. The number of rotatable bonds is 6. The van der Waals surface area contributed by atoms with Crippen molar-refractivity contribution in [2.75, 3.05) is 13.2 Å². The molecule has 0 radical (unpaired) electrons. The van der Waals surface area contributed by atoms with Crippen LogP contribution in [0.1, 0.15) is 40.0 Å². The summed E-state index contributed by atoms with van der Waals surface area (Å²) in [5.41, 5.74) is 0.854. The number of aromatic nitrogens is 4. The van der Waals surface area contributed by atoms with E-state index < -0.39 is 0 Å². The molecule has 1 aliphatic rings. The van der Waals surface area contributed by atoms with Gasteiger partial charge in [-0.1, -0.05) is 13.8 Å². The molecule has 7 nitrogen and oxygen atoms in total. The summed E-state index contributed by atoms with van der Waals surface area (Å²) < 4.78 is 5.68. The molecule has 0 N–H and O–H groups in total. The fourth-order valence-electron chi connectivity index (χ4n) is 3.07. The highest BCUT2D eigenvalue weighted by Gasteiger charge is 2.24. The summed E-state index contributed by atoms with van der Waals surface area (Å²) in [6.45, 7) is 7.96. The van der Waals surface area contributed by atoms with E-state index in [1.165, 1.54) is 11.2 Å². The maximum Gasteiger partial charge on any atom is 0.246 e. The van der Waals surface area contributed by atoms with Gasteiger partial charge in [-0.05, 0) is 61.6 Å². The van der Waals surface area contributed by atoms with Gasteiger partial charge in [0.2, 0.25) is 11.7 Å². The second-order valence-electron chi connectivity index (χ2n) is 7.30. The standard InChI is InChI=1S/C19H27N5O2/c1-14(2)13-26-17-9-7-16(8-10-17)19-20-22-24(21-19)12-18(25)23-11-5-4-6-15(23)3/h7-10,14-15H,4-6,11-13H2,1-3H3. The molecule has 0 aliphatic carbocycles. The topological polar surface area (TPSA) is 73.1 Å². The Morgan fingerprint density at radius 3 is 2.73 bits per heavy atom. The van der Waals surface area contributed by atoms with Gasteiger partial charge < -0.3 is 9.64 Å². The largest absolute Gasteiger partial charge is 0.493 e. The first-order valence-corrected chi connectivity index (χ1v) is 9.33. The molecule has 3 rings (SSSR count). The predicted octanol–water partition coefficient (Wildman–Crippen LogP) is 2.78. The summed E-state index contributed by atoms with van der Waals surface area (Å²) in [5.74, 6) is 1.87. The third kappa shape index (κ3) is 4.59. The van der Waals surface area contributed by atoms with Crippen molar-refractivity contribution in [3.05, 3.63) is 24.3 Å². The Morgan fingerprint density at radius 2 is 2.04 bits per heavy atom. The molecule has 0 bridgehead atoms. The Hall–Kier alpha value is -2.44. The number of hydrogen-bond donors (Lipinski definition) is 0. The van der Waals surface area contributed by atoms with Gasteiger partial charge in [-0.25, -0.2) is 0 Å². The van der Waals surface area contributed by atoms with Gasteiger partial charge >= 0.3 is 0 Å². The van der Waals surface area contributed by atoms with Gasteiger partial charge in [0.1, 0.15) is 12.3 Å². The first kappa shape index (κ1) is 18.4. The van der Waals surface area contributed by atoms with Crippen LogP contribution in [0.3, 0.4) is 0 Å². The van der Waals surface area contributed by atoms with Gasteiger partial charge in [0, 0.05) is 18.2 Å². The number of piperidine rings is 1. The molecule has 1 aromatic carbocycles. The number of carbonyl (C=O) groups excluding carboxylic acids is 1. The molecular weight excluding hydrogens is 330 g/mol. The number of nitrogens with zero attached hydrogens (tertiary/aromatic N) is 5. The number of carbonyl (C=O) groups is 1. The summed E-state index contributed by atoms with van der Waals surface area (Å²) in [6, 6.07) is 7.91. The van der Waals surface area contributed by atoms with Crippen LogP contribution in [0.2, 0.25) is 0 Å². The molecule has 0 spiro atoms. The van der Waals surface area contributed by atoms with Gasteiger partial charge in [0.25, 0.3) is 0 Å². The first-order valence-electron chi connectivity index (χ1n) is 9.33. The highest BCUT2D eigenvalue weighted by atomic mass is 16.5. The van der Waals surface area contributed by atoms with Crippen LogP contribution in [-0.4, -0.2) is 50.2 Å². The lowest BCUT2D eigenvalue weighted by atomic mass is 10.0. The SMILES string of the molecule is CC(C)COc1ccc(-c2nnn(CC(=O)N3CCCCC3C)n2)cc1. The Kier molecular flexibility index (Phi) is 5.85. The summed E-state index contributed by atoms with van der Waals surface area (Å²) in [7, 11) is 0. The highest BCUT2D eigenvalue weighted by Crippen LogP contribution is 2.20. The Balaban J connectivity index is 1.61. The van der Waals surface area contributed by atoms with E-state index in [1.807, 2.05) is 29.2 Å². The molecule has 2 aromatic rings. The van der Waals surface area contributed by atoms with Crippen LogP contribution in [0, 0.1) is 5.92 Å². The van der Waals surface area contributed by atoms with E-state index in [2.05, 4.69) is 36.2 Å². The van der Waals surface area contributed by atoms with Gasteiger partial charge in [-0.3, -0.25) is 4.79 Å². The van der Waals surface area contributed by atoms with E-state index in [-0.39, 0.29) is 18.5 Å². The van der Waals surface area contributed by atoms with E-state index >= 15 is 0 Å².